The number of hydrogen-bond acceptors (Lipinski definition) is 5. The quantitative estimate of drug-likeness (QED) is 0.538. The number of thioether (sulfide) groups is 1. The molecule has 27 heavy (non-hydrogen) atoms. The summed E-state index contributed by atoms with van der Waals surface area (Å²) in [6.07, 6.45) is 0.851. The molecule has 2 aromatic carbocycles. The number of thiazole rings is 1. The largest absolute Gasteiger partial charge is 0.352 e. The summed E-state index contributed by atoms with van der Waals surface area (Å²) in [5.74, 6) is -0.125. The fourth-order valence-corrected chi connectivity index (χ4v) is 4.48. The normalized spacial score (nSPS) is 10.7. The Kier molecular flexibility index (Phi) is 6.71. The molecule has 0 radical (unpaired) electrons. The summed E-state index contributed by atoms with van der Waals surface area (Å²) in [6, 6.07) is 12.8. The van der Waals surface area contributed by atoms with Crippen molar-refractivity contribution < 1.29 is 9.59 Å². The van der Waals surface area contributed by atoms with Crippen molar-refractivity contribution in [3.8, 4) is 0 Å². The summed E-state index contributed by atoms with van der Waals surface area (Å²) >= 11 is 9.14. The maximum absolute atomic E-state index is 12.2. The van der Waals surface area contributed by atoms with Crippen molar-refractivity contribution in [2.45, 2.75) is 17.7 Å². The highest BCUT2D eigenvalue weighted by molar-refractivity contribution is 8.01. The van der Waals surface area contributed by atoms with Gasteiger partial charge in [0.15, 0.2) is 4.34 Å². The molecular weight excluding hydrogens is 402 g/mol. The van der Waals surface area contributed by atoms with Gasteiger partial charge in [0, 0.05) is 12.2 Å². The summed E-state index contributed by atoms with van der Waals surface area (Å²) in [7, 11) is 0. The number of nitrogens with one attached hydrogen (secondary N) is 2. The minimum absolute atomic E-state index is 0.154. The molecule has 0 unspecified atom stereocenters. The van der Waals surface area contributed by atoms with Gasteiger partial charge in [-0.15, -0.1) is 11.3 Å². The van der Waals surface area contributed by atoms with Crippen LogP contribution in [0.4, 0.5) is 5.69 Å². The van der Waals surface area contributed by atoms with Gasteiger partial charge in [-0.25, -0.2) is 4.98 Å². The molecule has 0 saturated heterocycles. The highest BCUT2D eigenvalue weighted by Crippen LogP contribution is 2.29. The Morgan fingerprint density at radius 3 is 2.78 bits per heavy atom. The molecular formula is C19H18ClN3O2S2. The third-order valence-electron chi connectivity index (χ3n) is 3.63. The molecule has 0 aliphatic carbocycles. The molecule has 2 N–H and O–H groups in total. The average molecular weight is 420 g/mol. The van der Waals surface area contributed by atoms with Crippen molar-refractivity contribution >= 4 is 62.4 Å². The Labute approximate surface area is 170 Å². The van der Waals surface area contributed by atoms with Crippen LogP contribution >= 0.6 is 34.7 Å². The number of fused-ring (bicyclic) bond motifs is 1. The van der Waals surface area contributed by atoms with Gasteiger partial charge in [-0.3, -0.25) is 9.59 Å². The zero-order valence-corrected chi connectivity index (χ0v) is 17.0. The van der Waals surface area contributed by atoms with E-state index < -0.39 is 0 Å². The first-order chi connectivity index (χ1) is 13.1. The smallest absolute Gasteiger partial charge is 0.252 e. The molecule has 0 aliphatic rings. The zero-order chi connectivity index (χ0) is 19.2. The molecule has 140 valence electrons. The topological polar surface area (TPSA) is 71.1 Å². The van der Waals surface area contributed by atoms with Crippen LogP contribution in [0.3, 0.4) is 0 Å². The zero-order valence-electron chi connectivity index (χ0n) is 14.6. The Morgan fingerprint density at radius 1 is 1.22 bits per heavy atom. The van der Waals surface area contributed by atoms with Crippen molar-refractivity contribution in [2.75, 3.05) is 17.6 Å². The van der Waals surface area contributed by atoms with Gasteiger partial charge in [-0.1, -0.05) is 42.4 Å². The van der Waals surface area contributed by atoms with Crippen molar-refractivity contribution in [1.29, 1.82) is 0 Å². The van der Waals surface area contributed by atoms with Crippen LogP contribution in [-0.2, 0) is 4.79 Å². The Hall–Kier alpha value is -2.09. The van der Waals surface area contributed by atoms with Crippen LogP contribution in [0.15, 0.2) is 46.8 Å². The van der Waals surface area contributed by atoms with Crippen LogP contribution in [0.1, 0.15) is 23.7 Å². The molecule has 8 heteroatoms. The monoisotopic (exact) mass is 419 g/mol. The van der Waals surface area contributed by atoms with E-state index in [-0.39, 0.29) is 17.6 Å². The molecule has 0 fully saturated rings. The number of nitrogens with zero attached hydrogens (tertiary/aromatic N) is 1. The average Bonchev–Trinajstić information content (AvgIpc) is 3.07. The van der Waals surface area contributed by atoms with E-state index >= 15 is 0 Å². The van der Waals surface area contributed by atoms with E-state index in [0.717, 1.165) is 21.0 Å². The van der Waals surface area contributed by atoms with Crippen LogP contribution in [0, 0.1) is 0 Å². The predicted molar refractivity (Wildman–Crippen MR) is 113 cm³/mol. The molecule has 0 bridgehead atoms. The number of hydrogen-bond donors (Lipinski definition) is 2. The lowest BCUT2D eigenvalue weighted by atomic mass is 10.2. The summed E-state index contributed by atoms with van der Waals surface area (Å²) in [6.45, 7) is 2.57. The standard InChI is InChI=1S/C19H18ClN3O2S2/c1-2-9-21-18(25)13-8-7-12(10-14(13)20)22-17(24)11-26-19-23-15-5-3-4-6-16(15)27-19/h3-8,10H,2,9,11H2,1H3,(H,21,25)(H,22,24). The minimum atomic E-state index is -0.217. The molecule has 0 spiro atoms. The first-order valence-corrected chi connectivity index (χ1v) is 10.6. The van der Waals surface area contributed by atoms with Crippen LogP contribution in [-0.4, -0.2) is 29.1 Å². The molecule has 5 nitrogen and oxygen atoms in total. The highest BCUT2D eigenvalue weighted by atomic mass is 35.5. The van der Waals surface area contributed by atoms with Gasteiger partial charge in [-0.2, -0.15) is 0 Å². The maximum Gasteiger partial charge on any atom is 0.252 e. The van der Waals surface area contributed by atoms with Crippen LogP contribution in [0.25, 0.3) is 10.2 Å². The highest BCUT2D eigenvalue weighted by Gasteiger charge is 2.12. The van der Waals surface area contributed by atoms with E-state index in [2.05, 4.69) is 15.6 Å². The van der Waals surface area contributed by atoms with Gasteiger partial charge in [0.25, 0.3) is 5.91 Å². The molecule has 0 aliphatic heterocycles. The second-order valence-electron chi connectivity index (χ2n) is 5.73. The van der Waals surface area contributed by atoms with Crippen molar-refractivity contribution in [3.63, 3.8) is 0 Å². The van der Waals surface area contributed by atoms with Crippen molar-refractivity contribution in [2.24, 2.45) is 0 Å². The number of carbonyl (C=O) groups is 2. The molecule has 1 heterocycles. The molecule has 1 aromatic heterocycles. The van der Waals surface area contributed by atoms with Gasteiger partial charge in [0.2, 0.25) is 5.91 Å². The third kappa shape index (κ3) is 5.22. The number of aromatic nitrogens is 1. The number of rotatable bonds is 7. The molecule has 0 saturated carbocycles. The Morgan fingerprint density at radius 2 is 2.04 bits per heavy atom. The van der Waals surface area contributed by atoms with Crippen LogP contribution in [0.2, 0.25) is 5.02 Å². The SMILES string of the molecule is CCCNC(=O)c1ccc(NC(=O)CSc2nc3ccccc3s2)cc1Cl. The fourth-order valence-electron chi connectivity index (χ4n) is 2.35. The van der Waals surface area contributed by atoms with E-state index in [1.807, 2.05) is 31.2 Å². The van der Waals surface area contributed by atoms with Crippen LogP contribution < -0.4 is 10.6 Å². The fraction of sp³-hybridized carbons (Fsp3) is 0.211. The summed E-state index contributed by atoms with van der Waals surface area (Å²) in [5.41, 5.74) is 1.89. The second kappa shape index (κ2) is 9.21. The molecule has 0 atom stereocenters. The summed E-state index contributed by atoms with van der Waals surface area (Å²) < 4.78 is 1.96. The number of amides is 2. The van der Waals surface area contributed by atoms with Gasteiger partial charge >= 0.3 is 0 Å². The Bertz CT molecular complexity index is 941. The molecule has 3 aromatic rings. The number of para-hydroxylation sites is 1. The van der Waals surface area contributed by atoms with E-state index in [9.17, 15) is 9.59 Å². The number of anilines is 1. The summed E-state index contributed by atoms with van der Waals surface area (Å²) in [5, 5.41) is 5.88. The van der Waals surface area contributed by atoms with Gasteiger partial charge in [-0.05, 0) is 36.8 Å². The molecule has 3 rings (SSSR count). The van der Waals surface area contributed by atoms with E-state index in [0.29, 0.717) is 22.8 Å². The maximum atomic E-state index is 12.2. The minimum Gasteiger partial charge on any atom is -0.352 e. The number of benzene rings is 2. The van der Waals surface area contributed by atoms with E-state index in [1.54, 1.807) is 29.5 Å². The predicted octanol–water partition coefficient (Wildman–Crippen LogP) is 4.82. The third-order valence-corrected chi connectivity index (χ3v) is 6.13. The van der Waals surface area contributed by atoms with Crippen LogP contribution in [0.5, 0.6) is 0 Å². The van der Waals surface area contributed by atoms with Crippen molar-refractivity contribution in [1.82, 2.24) is 10.3 Å². The van der Waals surface area contributed by atoms with Gasteiger partial charge < -0.3 is 10.6 Å². The van der Waals surface area contributed by atoms with Gasteiger partial charge in [0.1, 0.15) is 0 Å². The second-order valence-corrected chi connectivity index (χ2v) is 8.40. The Balaban J connectivity index is 1.57. The lowest BCUT2D eigenvalue weighted by Crippen LogP contribution is -2.24. The number of carbonyl (C=O) groups excluding carboxylic acids is 2. The van der Waals surface area contributed by atoms with E-state index in [1.165, 1.54) is 11.8 Å². The summed E-state index contributed by atoms with van der Waals surface area (Å²) in [4.78, 5) is 28.7. The number of halogens is 1. The molecule has 2 amide bonds. The lowest BCUT2D eigenvalue weighted by molar-refractivity contribution is -0.113. The first kappa shape index (κ1) is 19.7. The first-order valence-electron chi connectivity index (χ1n) is 8.43. The van der Waals surface area contributed by atoms with E-state index in [4.69, 9.17) is 11.6 Å². The van der Waals surface area contributed by atoms with Crippen molar-refractivity contribution in [3.05, 3.63) is 53.1 Å². The van der Waals surface area contributed by atoms with Gasteiger partial charge in [0.05, 0.1) is 26.6 Å². The lowest BCUT2D eigenvalue weighted by Gasteiger charge is -2.09.